The number of hydrogen-bond acceptors (Lipinski definition) is 2. The molecule has 28 heavy (non-hydrogen) atoms. The highest BCUT2D eigenvalue weighted by molar-refractivity contribution is 5.93. The van der Waals surface area contributed by atoms with Gasteiger partial charge in [-0.2, -0.15) is 0 Å². The number of carbonyl (C=O) groups excluding carboxylic acids is 1. The van der Waals surface area contributed by atoms with Gasteiger partial charge in [0.2, 0.25) is 0 Å². The molecule has 0 atom stereocenters. The van der Waals surface area contributed by atoms with E-state index in [1.54, 1.807) is 12.1 Å². The van der Waals surface area contributed by atoms with Crippen molar-refractivity contribution < 1.29 is 9.53 Å². The van der Waals surface area contributed by atoms with Crippen LogP contribution in [0.2, 0.25) is 0 Å². The SMILES string of the molecule is C=C(Cc1cc2ccccc2cc1OC(=O)c1ccccc1)c1ccccc1. The first-order chi connectivity index (χ1) is 13.7. The standard InChI is InChI=1S/C26H20O2/c1-19(20-10-4-2-5-11-20)16-24-17-22-14-8-9-15-23(22)18-25(24)28-26(27)21-12-6-3-7-13-21/h2-15,17-18H,1,16H2. The van der Waals surface area contributed by atoms with Gasteiger partial charge in [-0.15, -0.1) is 0 Å². The molecule has 0 fully saturated rings. The average molecular weight is 364 g/mol. The van der Waals surface area contributed by atoms with Gasteiger partial charge in [0.05, 0.1) is 5.56 Å². The third-order valence-corrected chi connectivity index (χ3v) is 4.73. The summed E-state index contributed by atoms with van der Waals surface area (Å²) in [5.41, 5.74) is 3.53. The van der Waals surface area contributed by atoms with E-state index in [0.29, 0.717) is 17.7 Å². The Morgan fingerprint density at radius 3 is 1.89 bits per heavy atom. The van der Waals surface area contributed by atoms with E-state index in [0.717, 1.165) is 27.5 Å². The molecule has 0 aromatic heterocycles. The van der Waals surface area contributed by atoms with E-state index in [9.17, 15) is 4.79 Å². The molecule has 0 amide bonds. The molecule has 0 N–H and O–H groups in total. The van der Waals surface area contributed by atoms with Gasteiger partial charge in [0.25, 0.3) is 0 Å². The lowest BCUT2D eigenvalue weighted by Crippen LogP contribution is -2.10. The maximum Gasteiger partial charge on any atom is 0.343 e. The molecule has 0 saturated heterocycles. The third-order valence-electron chi connectivity index (χ3n) is 4.73. The Bertz CT molecular complexity index is 1040. The van der Waals surface area contributed by atoms with E-state index in [-0.39, 0.29) is 5.97 Å². The number of benzene rings is 4. The van der Waals surface area contributed by atoms with Crippen LogP contribution in [0.25, 0.3) is 16.3 Å². The van der Waals surface area contributed by atoms with Crippen LogP contribution >= 0.6 is 0 Å². The Morgan fingerprint density at radius 1 is 0.714 bits per heavy atom. The predicted octanol–water partition coefficient (Wildman–Crippen LogP) is 6.31. The fraction of sp³-hybridized carbons (Fsp3) is 0.0385. The minimum atomic E-state index is -0.359. The first kappa shape index (κ1) is 17.7. The van der Waals surface area contributed by atoms with E-state index in [2.05, 4.69) is 18.7 Å². The predicted molar refractivity (Wildman–Crippen MR) is 115 cm³/mol. The number of allylic oxidation sites excluding steroid dienone is 1. The molecule has 0 radical (unpaired) electrons. The summed E-state index contributed by atoms with van der Waals surface area (Å²) in [6, 6.07) is 31.2. The van der Waals surface area contributed by atoms with Crippen molar-refractivity contribution in [3.63, 3.8) is 0 Å². The van der Waals surface area contributed by atoms with Gasteiger partial charge >= 0.3 is 5.97 Å². The monoisotopic (exact) mass is 364 g/mol. The van der Waals surface area contributed by atoms with Crippen LogP contribution in [0, 0.1) is 0 Å². The summed E-state index contributed by atoms with van der Waals surface area (Å²) in [6.45, 7) is 4.24. The van der Waals surface area contributed by atoms with Crippen LogP contribution in [0.3, 0.4) is 0 Å². The Balaban J connectivity index is 1.70. The molecule has 136 valence electrons. The minimum absolute atomic E-state index is 0.359. The summed E-state index contributed by atoms with van der Waals surface area (Å²) in [6.07, 6.45) is 0.603. The molecular weight excluding hydrogens is 344 g/mol. The fourth-order valence-corrected chi connectivity index (χ4v) is 3.24. The summed E-state index contributed by atoms with van der Waals surface area (Å²) in [5, 5.41) is 2.14. The molecule has 0 aliphatic heterocycles. The molecule has 2 nitrogen and oxygen atoms in total. The first-order valence-corrected chi connectivity index (χ1v) is 9.23. The first-order valence-electron chi connectivity index (χ1n) is 9.23. The van der Waals surface area contributed by atoms with Crippen molar-refractivity contribution in [3.05, 3.63) is 120 Å². The van der Waals surface area contributed by atoms with Crippen LogP contribution in [-0.4, -0.2) is 5.97 Å². The van der Waals surface area contributed by atoms with Gasteiger partial charge in [-0.1, -0.05) is 79.4 Å². The number of carbonyl (C=O) groups is 1. The maximum atomic E-state index is 12.6. The van der Waals surface area contributed by atoms with Crippen molar-refractivity contribution in [2.45, 2.75) is 6.42 Å². The zero-order valence-electron chi connectivity index (χ0n) is 15.5. The quantitative estimate of drug-likeness (QED) is 0.306. The van der Waals surface area contributed by atoms with Crippen molar-refractivity contribution >= 4 is 22.3 Å². The molecule has 4 aromatic carbocycles. The van der Waals surface area contributed by atoms with E-state index in [1.807, 2.05) is 72.8 Å². The second kappa shape index (κ2) is 7.93. The largest absolute Gasteiger partial charge is 0.423 e. The Hall–Kier alpha value is -3.65. The van der Waals surface area contributed by atoms with Gasteiger partial charge in [0.15, 0.2) is 0 Å². The van der Waals surface area contributed by atoms with Crippen molar-refractivity contribution in [2.75, 3.05) is 0 Å². The van der Waals surface area contributed by atoms with Gasteiger partial charge in [-0.05, 0) is 51.7 Å². The van der Waals surface area contributed by atoms with Gasteiger partial charge in [0.1, 0.15) is 5.75 Å². The van der Waals surface area contributed by atoms with Crippen molar-refractivity contribution in [1.29, 1.82) is 0 Å². The molecule has 4 rings (SSSR count). The lowest BCUT2D eigenvalue weighted by Gasteiger charge is -2.14. The van der Waals surface area contributed by atoms with E-state index in [1.165, 1.54) is 0 Å². The third kappa shape index (κ3) is 3.86. The summed E-state index contributed by atoms with van der Waals surface area (Å²) >= 11 is 0. The molecule has 0 aliphatic rings. The van der Waals surface area contributed by atoms with Crippen LogP contribution in [-0.2, 0) is 6.42 Å². The summed E-state index contributed by atoms with van der Waals surface area (Å²) in [7, 11) is 0. The van der Waals surface area contributed by atoms with E-state index >= 15 is 0 Å². The zero-order valence-corrected chi connectivity index (χ0v) is 15.5. The van der Waals surface area contributed by atoms with Crippen LogP contribution in [0.5, 0.6) is 5.75 Å². The molecule has 0 heterocycles. The molecule has 0 aliphatic carbocycles. The summed E-state index contributed by atoms with van der Waals surface area (Å²) < 4.78 is 5.80. The second-order valence-corrected chi connectivity index (χ2v) is 6.71. The highest BCUT2D eigenvalue weighted by atomic mass is 16.5. The van der Waals surface area contributed by atoms with Crippen molar-refractivity contribution in [1.82, 2.24) is 0 Å². The summed E-state index contributed by atoms with van der Waals surface area (Å²) in [5.74, 6) is 0.215. The lowest BCUT2D eigenvalue weighted by atomic mass is 9.97. The number of ether oxygens (including phenoxy) is 1. The van der Waals surface area contributed by atoms with Crippen LogP contribution in [0.15, 0.2) is 104 Å². The highest BCUT2D eigenvalue weighted by Crippen LogP contribution is 2.30. The van der Waals surface area contributed by atoms with Gasteiger partial charge in [-0.3, -0.25) is 0 Å². The molecule has 2 heteroatoms. The van der Waals surface area contributed by atoms with Gasteiger partial charge in [0, 0.05) is 6.42 Å². The molecule has 0 unspecified atom stereocenters. The van der Waals surface area contributed by atoms with Crippen molar-refractivity contribution in [2.24, 2.45) is 0 Å². The topological polar surface area (TPSA) is 26.3 Å². The highest BCUT2D eigenvalue weighted by Gasteiger charge is 2.14. The van der Waals surface area contributed by atoms with Crippen LogP contribution in [0.1, 0.15) is 21.5 Å². The van der Waals surface area contributed by atoms with E-state index < -0.39 is 0 Å². The molecule has 0 spiro atoms. The minimum Gasteiger partial charge on any atom is -0.423 e. The molecule has 0 saturated carbocycles. The molecular formula is C26H20O2. The zero-order chi connectivity index (χ0) is 19.3. The second-order valence-electron chi connectivity index (χ2n) is 6.71. The van der Waals surface area contributed by atoms with E-state index in [4.69, 9.17) is 4.74 Å². The molecule has 0 bridgehead atoms. The average Bonchev–Trinajstić information content (AvgIpc) is 2.75. The number of rotatable bonds is 5. The Kier molecular flexibility index (Phi) is 5.03. The van der Waals surface area contributed by atoms with Gasteiger partial charge < -0.3 is 4.74 Å². The van der Waals surface area contributed by atoms with Gasteiger partial charge in [-0.25, -0.2) is 4.79 Å². The lowest BCUT2D eigenvalue weighted by molar-refractivity contribution is 0.0733. The van der Waals surface area contributed by atoms with Crippen LogP contribution < -0.4 is 4.74 Å². The van der Waals surface area contributed by atoms with Crippen LogP contribution in [0.4, 0.5) is 0 Å². The normalized spacial score (nSPS) is 10.6. The smallest absolute Gasteiger partial charge is 0.343 e. The Labute approximate surface area is 164 Å². The maximum absolute atomic E-state index is 12.6. The number of fused-ring (bicyclic) bond motifs is 1. The molecule has 4 aromatic rings. The Morgan fingerprint density at radius 2 is 1.25 bits per heavy atom. The summed E-state index contributed by atoms with van der Waals surface area (Å²) in [4.78, 5) is 12.6. The number of hydrogen-bond donors (Lipinski definition) is 0. The van der Waals surface area contributed by atoms with Crippen molar-refractivity contribution in [3.8, 4) is 5.75 Å². The fourth-order valence-electron chi connectivity index (χ4n) is 3.24. The number of esters is 1.